The second kappa shape index (κ2) is 6.16. The van der Waals surface area contributed by atoms with Crippen LogP contribution in [0.3, 0.4) is 0 Å². The Bertz CT molecular complexity index is 397. The lowest BCUT2D eigenvalue weighted by atomic mass is 9.88. The Hall–Kier alpha value is -1.13. The fourth-order valence-corrected chi connectivity index (χ4v) is 2.02. The largest absolute Gasteiger partial charge is 0.496 e. The zero-order chi connectivity index (χ0) is 13.8. The summed E-state index contributed by atoms with van der Waals surface area (Å²) in [6, 6.07) is 3.93. The van der Waals surface area contributed by atoms with Crippen molar-refractivity contribution in [1.82, 2.24) is 0 Å². The fraction of sp³-hybridized carbons (Fsp3) is 0.571. The van der Waals surface area contributed by atoms with Gasteiger partial charge in [-0.2, -0.15) is 0 Å². The molecule has 0 bridgehead atoms. The van der Waals surface area contributed by atoms with E-state index in [-0.39, 0.29) is 5.82 Å². The Kier molecular flexibility index (Phi) is 5.11. The van der Waals surface area contributed by atoms with E-state index in [0.717, 1.165) is 6.42 Å². The van der Waals surface area contributed by atoms with Gasteiger partial charge in [-0.05, 0) is 38.5 Å². The molecule has 1 aromatic rings. The second-order valence-corrected chi connectivity index (χ2v) is 4.46. The second-order valence-electron chi connectivity index (χ2n) is 4.46. The van der Waals surface area contributed by atoms with Crippen LogP contribution in [0, 0.1) is 5.82 Å². The van der Waals surface area contributed by atoms with Gasteiger partial charge in [-0.15, -0.1) is 0 Å². The molecule has 1 rings (SSSR count). The molecule has 0 aliphatic carbocycles. The molecule has 0 fully saturated rings. The van der Waals surface area contributed by atoms with E-state index in [4.69, 9.17) is 15.2 Å². The first kappa shape index (κ1) is 14.9. The molecule has 0 aromatic heterocycles. The lowest BCUT2D eigenvalue weighted by Gasteiger charge is -2.35. The number of rotatable bonds is 6. The first-order chi connectivity index (χ1) is 8.48. The molecule has 0 radical (unpaired) electrons. The van der Waals surface area contributed by atoms with Crippen molar-refractivity contribution in [3.63, 3.8) is 0 Å². The van der Waals surface area contributed by atoms with Gasteiger partial charge in [0.15, 0.2) is 0 Å². The van der Waals surface area contributed by atoms with E-state index in [2.05, 4.69) is 0 Å². The van der Waals surface area contributed by atoms with Crippen molar-refractivity contribution in [1.29, 1.82) is 0 Å². The number of benzene rings is 1. The molecule has 1 aromatic carbocycles. The summed E-state index contributed by atoms with van der Waals surface area (Å²) in [7, 11) is 1.55. The molecular formula is C14H22FNO2. The third-order valence-electron chi connectivity index (χ3n) is 3.36. The Labute approximate surface area is 108 Å². The van der Waals surface area contributed by atoms with Crippen LogP contribution in [0.25, 0.3) is 0 Å². The Morgan fingerprint density at radius 3 is 2.56 bits per heavy atom. The number of halogens is 1. The standard InChI is InChI=1S/C14H22FNO2/c1-5-14(3,18-6-2)13(16)11-9-10(15)7-8-12(11)17-4/h7-9,13H,5-6,16H2,1-4H3. The van der Waals surface area contributed by atoms with Crippen molar-refractivity contribution in [2.45, 2.75) is 38.8 Å². The molecule has 2 N–H and O–H groups in total. The van der Waals surface area contributed by atoms with Crippen LogP contribution in [0.1, 0.15) is 38.8 Å². The molecule has 0 amide bonds. The van der Waals surface area contributed by atoms with Crippen LogP contribution in [-0.2, 0) is 4.74 Å². The minimum Gasteiger partial charge on any atom is -0.496 e. The van der Waals surface area contributed by atoms with E-state index >= 15 is 0 Å². The first-order valence-corrected chi connectivity index (χ1v) is 6.21. The molecule has 2 unspecified atom stereocenters. The Morgan fingerprint density at radius 2 is 2.06 bits per heavy atom. The van der Waals surface area contributed by atoms with Gasteiger partial charge in [0.05, 0.1) is 18.8 Å². The quantitative estimate of drug-likeness (QED) is 0.849. The third kappa shape index (κ3) is 3.00. The van der Waals surface area contributed by atoms with Gasteiger partial charge < -0.3 is 15.2 Å². The highest BCUT2D eigenvalue weighted by Crippen LogP contribution is 2.35. The molecule has 0 aliphatic rings. The van der Waals surface area contributed by atoms with Crippen LogP contribution < -0.4 is 10.5 Å². The summed E-state index contributed by atoms with van der Waals surface area (Å²) in [4.78, 5) is 0. The van der Waals surface area contributed by atoms with E-state index in [1.54, 1.807) is 13.2 Å². The van der Waals surface area contributed by atoms with Crippen LogP contribution in [0.2, 0.25) is 0 Å². The molecule has 2 atom stereocenters. The van der Waals surface area contributed by atoms with Gasteiger partial charge in [0, 0.05) is 12.2 Å². The van der Waals surface area contributed by atoms with Crippen LogP contribution in [0.5, 0.6) is 5.75 Å². The minimum atomic E-state index is -0.532. The third-order valence-corrected chi connectivity index (χ3v) is 3.36. The predicted molar refractivity (Wildman–Crippen MR) is 70.2 cm³/mol. The van der Waals surface area contributed by atoms with Crippen molar-refractivity contribution in [3.05, 3.63) is 29.6 Å². The number of hydrogen-bond acceptors (Lipinski definition) is 3. The highest BCUT2D eigenvalue weighted by Gasteiger charge is 2.33. The van der Waals surface area contributed by atoms with Crippen LogP contribution >= 0.6 is 0 Å². The molecule has 3 nitrogen and oxygen atoms in total. The van der Waals surface area contributed by atoms with Gasteiger partial charge in [0.25, 0.3) is 0 Å². The van der Waals surface area contributed by atoms with Gasteiger partial charge in [-0.25, -0.2) is 4.39 Å². The summed E-state index contributed by atoms with van der Waals surface area (Å²) in [6.07, 6.45) is 0.738. The maximum atomic E-state index is 13.4. The van der Waals surface area contributed by atoms with Crippen molar-refractivity contribution in [3.8, 4) is 5.75 Å². The summed E-state index contributed by atoms with van der Waals surface area (Å²) < 4.78 is 24.3. The van der Waals surface area contributed by atoms with Gasteiger partial charge >= 0.3 is 0 Å². The monoisotopic (exact) mass is 255 g/mol. The van der Waals surface area contributed by atoms with Crippen molar-refractivity contribution < 1.29 is 13.9 Å². The fourth-order valence-electron chi connectivity index (χ4n) is 2.02. The molecule has 0 saturated carbocycles. The first-order valence-electron chi connectivity index (χ1n) is 6.21. The van der Waals surface area contributed by atoms with E-state index in [1.165, 1.54) is 12.1 Å². The van der Waals surface area contributed by atoms with E-state index < -0.39 is 11.6 Å². The van der Waals surface area contributed by atoms with E-state index in [9.17, 15) is 4.39 Å². The van der Waals surface area contributed by atoms with Gasteiger partial charge in [0.2, 0.25) is 0 Å². The molecule has 0 heterocycles. The molecule has 0 aliphatic heterocycles. The lowest BCUT2D eigenvalue weighted by molar-refractivity contribution is -0.0476. The van der Waals surface area contributed by atoms with Gasteiger partial charge in [-0.1, -0.05) is 6.92 Å². The summed E-state index contributed by atoms with van der Waals surface area (Å²) in [5.74, 6) is 0.263. The highest BCUT2D eigenvalue weighted by atomic mass is 19.1. The van der Waals surface area contributed by atoms with E-state index in [1.807, 2.05) is 20.8 Å². The van der Waals surface area contributed by atoms with Crippen molar-refractivity contribution >= 4 is 0 Å². The molecule has 102 valence electrons. The number of nitrogens with two attached hydrogens (primary N) is 1. The maximum Gasteiger partial charge on any atom is 0.123 e. The smallest absolute Gasteiger partial charge is 0.123 e. The highest BCUT2D eigenvalue weighted by molar-refractivity contribution is 5.37. The zero-order valence-corrected chi connectivity index (χ0v) is 11.5. The molecular weight excluding hydrogens is 233 g/mol. The minimum absolute atomic E-state index is 0.323. The van der Waals surface area contributed by atoms with Crippen LogP contribution in [0.4, 0.5) is 4.39 Å². The van der Waals surface area contributed by atoms with E-state index in [0.29, 0.717) is 17.9 Å². The number of methoxy groups -OCH3 is 1. The average molecular weight is 255 g/mol. The SMILES string of the molecule is CCOC(C)(CC)C(N)c1cc(F)ccc1OC. The molecule has 4 heteroatoms. The number of ether oxygens (including phenoxy) is 2. The topological polar surface area (TPSA) is 44.5 Å². The zero-order valence-electron chi connectivity index (χ0n) is 11.5. The summed E-state index contributed by atoms with van der Waals surface area (Å²) in [5, 5.41) is 0. The van der Waals surface area contributed by atoms with Gasteiger partial charge in [0.1, 0.15) is 11.6 Å². The maximum absolute atomic E-state index is 13.4. The average Bonchev–Trinajstić information content (AvgIpc) is 2.38. The molecule has 0 spiro atoms. The van der Waals surface area contributed by atoms with Gasteiger partial charge in [-0.3, -0.25) is 0 Å². The van der Waals surface area contributed by atoms with Crippen LogP contribution in [-0.4, -0.2) is 19.3 Å². The van der Waals surface area contributed by atoms with Crippen molar-refractivity contribution in [2.24, 2.45) is 5.73 Å². The summed E-state index contributed by atoms with van der Waals surface area (Å²) >= 11 is 0. The van der Waals surface area contributed by atoms with Crippen LogP contribution in [0.15, 0.2) is 18.2 Å². The Morgan fingerprint density at radius 1 is 1.39 bits per heavy atom. The van der Waals surface area contributed by atoms with Crippen molar-refractivity contribution in [2.75, 3.05) is 13.7 Å². The molecule has 0 saturated heterocycles. The summed E-state index contributed by atoms with van der Waals surface area (Å²) in [6.45, 7) is 6.42. The lowest BCUT2D eigenvalue weighted by Crippen LogP contribution is -2.40. The number of hydrogen-bond donors (Lipinski definition) is 1. The molecule has 18 heavy (non-hydrogen) atoms. The normalized spacial score (nSPS) is 16.1. The summed E-state index contributed by atoms with van der Waals surface area (Å²) in [5.41, 5.74) is 6.35. The Balaban J connectivity index is 3.15. The predicted octanol–water partition coefficient (Wildman–Crippen LogP) is 3.04.